The lowest BCUT2D eigenvalue weighted by atomic mass is 9.89. The molecule has 2 saturated heterocycles. The first-order valence-electron chi connectivity index (χ1n) is 18.6. The van der Waals surface area contributed by atoms with E-state index in [0.29, 0.717) is 0 Å². The SMILES string of the molecule is CN(C)c1ccc(N(c2ccc(-c3cc4ccc5c(N6CCCC6)cc(N6CCCC6)c6ccc(c3)c4c56)cc2)c2ccc(N(C)C)cc2)cc1. The lowest BCUT2D eigenvalue weighted by molar-refractivity contribution is 0.949. The molecular formula is C46H47N5. The summed E-state index contributed by atoms with van der Waals surface area (Å²) in [4.78, 5) is 11.9. The van der Waals surface area contributed by atoms with E-state index in [2.05, 4.69) is 168 Å². The maximum Gasteiger partial charge on any atom is 0.0467 e. The molecule has 7 aromatic carbocycles. The number of hydrogen-bond acceptors (Lipinski definition) is 5. The third-order valence-corrected chi connectivity index (χ3v) is 11.3. The molecule has 2 aliphatic rings. The van der Waals surface area contributed by atoms with Crippen LogP contribution in [0.1, 0.15) is 25.7 Å². The van der Waals surface area contributed by atoms with Crippen molar-refractivity contribution < 1.29 is 0 Å². The molecule has 9 rings (SSSR count). The Morgan fingerprint density at radius 3 is 1.20 bits per heavy atom. The number of hydrogen-bond donors (Lipinski definition) is 0. The smallest absolute Gasteiger partial charge is 0.0467 e. The van der Waals surface area contributed by atoms with Crippen molar-refractivity contribution in [2.45, 2.75) is 25.7 Å². The Labute approximate surface area is 302 Å². The molecule has 0 aliphatic carbocycles. The summed E-state index contributed by atoms with van der Waals surface area (Å²) in [5.41, 5.74) is 11.1. The summed E-state index contributed by atoms with van der Waals surface area (Å²) in [6.45, 7) is 4.63. The Morgan fingerprint density at radius 1 is 0.392 bits per heavy atom. The molecule has 5 nitrogen and oxygen atoms in total. The highest BCUT2D eigenvalue weighted by Crippen LogP contribution is 2.46. The van der Waals surface area contributed by atoms with Crippen LogP contribution in [0.15, 0.2) is 115 Å². The maximum atomic E-state index is 2.63. The molecule has 7 aromatic rings. The van der Waals surface area contributed by atoms with Gasteiger partial charge in [0.25, 0.3) is 0 Å². The molecule has 0 radical (unpaired) electrons. The second kappa shape index (κ2) is 12.7. The predicted molar refractivity (Wildman–Crippen MR) is 222 cm³/mol. The van der Waals surface area contributed by atoms with Gasteiger partial charge in [0.1, 0.15) is 0 Å². The molecule has 0 bridgehead atoms. The van der Waals surface area contributed by atoms with Gasteiger partial charge in [0.05, 0.1) is 0 Å². The molecule has 0 spiro atoms. The Morgan fingerprint density at radius 2 is 0.784 bits per heavy atom. The van der Waals surface area contributed by atoms with Gasteiger partial charge in [-0.2, -0.15) is 0 Å². The van der Waals surface area contributed by atoms with Crippen molar-refractivity contribution in [1.29, 1.82) is 0 Å². The van der Waals surface area contributed by atoms with E-state index in [-0.39, 0.29) is 0 Å². The normalized spacial score (nSPS) is 14.7. The fourth-order valence-corrected chi connectivity index (χ4v) is 8.53. The van der Waals surface area contributed by atoms with Crippen LogP contribution in [-0.2, 0) is 0 Å². The monoisotopic (exact) mass is 669 g/mol. The zero-order valence-electron chi connectivity index (χ0n) is 30.4. The van der Waals surface area contributed by atoms with E-state index in [9.17, 15) is 0 Å². The van der Waals surface area contributed by atoms with Crippen molar-refractivity contribution in [3.8, 4) is 11.1 Å². The first-order chi connectivity index (χ1) is 24.9. The third kappa shape index (κ3) is 5.56. The standard InChI is InChI=1S/C46H47N5/c1-47(2)36-15-19-39(20-16-36)51(40-21-17-37(18-22-40)48(3)4)38-13-9-32(10-14-38)35-29-33-11-23-41-43(49-25-5-6-26-49)31-44(50-27-7-8-28-50)42-24-12-34(30-35)45(33)46(41)42/h9-24,29-31H,5-8,25-28H2,1-4H3. The van der Waals surface area contributed by atoms with Gasteiger partial charge >= 0.3 is 0 Å². The first kappa shape index (κ1) is 31.6. The van der Waals surface area contributed by atoms with Crippen LogP contribution in [0, 0.1) is 0 Å². The van der Waals surface area contributed by atoms with E-state index < -0.39 is 0 Å². The van der Waals surface area contributed by atoms with Crippen LogP contribution >= 0.6 is 0 Å². The number of rotatable bonds is 8. The molecule has 2 aliphatic heterocycles. The van der Waals surface area contributed by atoms with Gasteiger partial charge in [-0.15, -0.1) is 0 Å². The quantitative estimate of drug-likeness (QED) is 0.149. The third-order valence-electron chi connectivity index (χ3n) is 11.3. The van der Waals surface area contributed by atoms with Crippen LogP contribution in [0.5, 0.6) is 0 Å². The van der Waals surface area contributed by atoms with Crippen LogP contribution in [0.25, 0.3) is 43.4 Å². The zero-order chi connectivity index (χ0) is 34.6. The summed E-state index contributed by atoms with van der Waals surface area (Å²) < 4.78 is 0. The Bertz CT molecular complexity index is 2180. The molecule has 5 heteroatoms. The fraction of sp³-hybridized carbons (Fsp3) is 0.261. The summed E-state index contributed by atoms with van der Waals surface area (Å²) in [7, 11) is 8.34. The molecule has 0 atom stereocenters. The van der Waals surface area contributed by atoms with E-state index in [1.807, 2.05) is 0 Å². The van der Waals surface area contributed by atoms with Gasteiger partial charge in [-0.25, -0.2) is 0 Å². The molecule has 0 N–H and O–H groups in total. The van der Waals surface area contributed by atoms with Crippen LogP contribution in [0.4, 0.5) is 39.8 Å². The van der Waals surface area contributed by atoms with Crippen LogP contribution in [-0.4, -0.2) is 54.4 Å². The second-order valence-electron chi connectivity index (χ2n) is 14.9. The van der Waals surface area contributed by atoms with Crippen molar-refractivity contribution in [1.82, 2.24) is 0 Å². The summed E-state index contributed by atoms with van der Waals surface area (Å²) in [5, 5.41) is 8.29. The van der Waals surface area contributed by atoms with Crippen LogP contribution < -0.4 is 24.5 Å². The van der Waals surface area contributed by atoms with Crippen molar-refractivity contribution in [3.05, 3.63) is 115 Å². The van der Waals surface area contributed by atoms with Gasteiger partial charge in [-0.05, 0) is 132 Å². The fourth-order valence-electron chi connectivity index (χ4n) is 8.53. The number of benzene rings is 7. The molecule has 0 saturated carbocycles. The number of nitrogens with zero attached hydrogens (tertiary/aromatic N) is 5. The summed E-state index contributed by atoms with van der Waals surface area (Å²) >= 11 is 0. The Kier molecular flexibility index (Phi) is 7.87. The summed E-state index contributed by atoms with van der Waals surface area (Å²) in [6, 6.07) is 43.6. The van der Waals surface area contributed by atoms with Crippen LogP contribution in [0.2, 0.25) is 0 Å². The maximum absolute atomic E-state index is 2.63. The van der Waals surface area contributed by atoms with E-state index in [4.69, 9.17) is 0 Å². The average Bonchev–Trinajstić information content (AvgIpc) is 3.90. The minimum atomic E-state index is 1.13. The highest BCUT2D eigenvalue weighted by atomic mass is 15.2. The molecule has 51 heavy (non-hydrogen) atoms. The van der Waals surface area contributed by atoms with E-state index in [1.165, 1.54) is 91.9 Å². The zero-order valence-corrected chi connectivity index (χ0v) is 30.4. The van der Waals surface area contributed by atoms with Crippen molar-refractivity contribution >= 4 is 72.1 Å². The summed E-state index contributed by atoms with van der Waals surface area (Å²) in [6.07, 6.45) is 5.14. The topological polar surface area (TPSA) is 16.2 Å². The first-order valence-corrected chi connectivity index (χ1v) is 18.6. The molecule has 2 fully saturated rings. The van der Waals surface area contributed by atoms with Gasteiger partial charge in [0.2, 0.25) is 0 Å². The van der Waals surface area contributed by atoms with Crippen molar-refractivity contribution in [2.75, 3.05) is 78.9 Å². The minimum Gasteiger partial charge on any atom is -0.378 e. The largest absolute Gasteiger partial charge is 0.378 e. The Hall–Kier alpha value is -5.42. The molecule has 256 valence electrons. The molecule has 0 aromatic heterocycles. The highest BCUT2D eigenvalue weighted by molar-refractivity contribution is 6.28. The lowest BCUT2D eigenvalue weighted by Gasteiger charge is -2.28. The Balaban J connectivity index is 1.13. The average molecular weight is 670 g/mol. The molecule has 2 heterocycles. The van der Waals surface area contributed by atoms with Crippen molar-refractivity contribution in [3.63, 3.8) is 0 Å². The lowest BCUT2D eigenvalue weighted by Crippen LogP contribution is -2.21. The minimum absolute atomic E-state index is 1.13. The molecule has 0 amide bonds. The van der Waals surface area contributed by atoms with E-state index in [0.717, 1.165) is 43.2 Å². The van der Waals surface area contributed by atoms with E-state index >= 15 is 0 Å². The molecule has 0 unspecified atom stereocenters. The van der Waals surface area contributed by atoms with Crippen LogP contribution in [0.3, 0.4) is 0 Å². The second-order valence-corrected chi connectivity index (χ2v) is 14.9. The van der Waals surface area contributed by atoms with Crippen molar-refractivity contribution in [2.24, 2.45) is 0 Å². The van der Waals surface area contributed by atoms with Gasteiger partial charge in [0, 0.05) is 110 Å². The predicted octanol–water partition coefficient (Wildman–Crippen LogP) is 11.1. The highest BCUT2D eigenvalue weighted by Gasteiger charge is 2.24. The summed E-state index contributed by atoms with van der Waals surface area (Å²) in [5.74, 6) is 0. The van der Waals surface area contributed by atoms with Gasteiger partial charge in [-0.3, -0.25) is 0 Å². The van der Waals surface area contributed by atoms with Gasteiger partial charge in [-0.1, -0.05) is 36.4 Å². The van der Waals surface area contributed by atoms with Gasteiger partial charge < -0.3 is 24.5 Å². The number of anilines is 7. The van der Waals surface area contributed by atoms with Gasteiger partial charge in [0.15, 0.2) is 0 Å². The molecular weight excluding hydrogens is 623 g/mol. The van der Waals surface area contributed by atoms with E-state index in [1.54, 1.807) is 0 Å².